The van der Waals surface area contributed by atoms with Crippen LogP contribution in [0.1, 0.15) is 22.3 Å². The van der Waals surface area contributed by atoms with E-state index in [0.717, 1.165) is 17.3 Å². The summed E-state index contributed by atoms with van der Waals surface area (Å²) in [5, 5.41) is 8.42. The van der Waals surface area contributed by atoms with Crippen molar-refractivity contribution in [3.8, 4) is 0 Å². The van der Waals surface area contributed by atoms with E-state index in [1.807, 2.05) is 0 Å². The molecule has 2 aliphatic heterocycles. The van der Waals surface area contributed by atoms with Gasteiger partial charge < -0.3 is 14.7 Å². The third-order valence-corrected chi connectivity index (χ3v) is 7.09. The number of carbonyl (C=O) groups excluding carboxylic acids is 3. The van der Waals surface area contributed by atoms with Crippen LogP contribution in [0.2, 0.25) is 0 Å². The predicted molar refractivity (Wildman–Crippen MR) is 118 cm³/mol. The van der Waals surface area contributed by atoms with Crippen LogP contribution in [0.3, 0.4) is 0 Å². The molecule has 0 saturated carbocycles. The zero-order valence-corrected chi connectivity index (χ0v) is 18.3. The van der Waals surface area contributed by atoms with Crippen molar-refractivity contribution < 1.29 is 29.0 Å². The Morgan fingerprint density at radius 2 is 2.00 bits per heavy atom. The van der Waals surface area contributed by atoms with Gasteiger partial charge in [-0.25, -0.2) is 4.79 Å². The molecule has 0 aliphatic carbocycles. The first-order valence-corrected chi connectivity index (χ1v) is 11.1. The minimum atomic E-state index is -0.933. The Bertz CT molecular complexity index is 931. The number of hydrogen-bond acceptors (Lipinski definition) is 8. The highest BCUT2D eigenvalue weighted by molar-refractivity contribution is 8.26. The van der Waals surface area contributed by atoms with Crippen molar-refractivity contribution in [2.45, 2.75) is 11.7 Å². The second kappa shape index (κ2) is 9.63. The molecule has 158 valence electrons. The van der Waals surface area contributed by atoms with Gasteiger partial charge in [0, 0.05) is 19.5 Å². The van der Waals surface area contributed by atoms with Gasteiger partial charge in [0.25, 0.3) is 5.91 Å². The Morgan fingerprint density at radius 1 is 1.30 bits per heavy atom. The second-order valence-corrected chi connectivity index (χ2v) is 9.27. The number of carboxylic acid groups (broad SMARTS) is 1. The highest BCUT2D eigenvalue weighted by Crippen LogP contribution is 2.33. The van der Waals surface area contributed by atoms with E-state index in [9.17, 15) is 19.2 Å². The Labute approximate surface area is 186 Å². The molecule has 0 spiro atoms. The maximum atomic E-state index is 12.7. The Kier molecular flexibility index (Phi) is 7.16. The fourth-order valence-electron chi connectivity index (χ4n) is 2.85. The zero-order chi connectivity index (χ0) is 21.8. The van der Waals surface area contributed by atoms with Gasteiger partial charge in [-0.05, 0) is 23.8 Å². The van der Waals surface area contributed by atoms with Gasteiger partial charge >= 0.3 is 11.9 Å². The summed E-state index contributed by atoms with van der Waals surface area (Å²) in [5.41, 5.74) is 1.14. The van der Waals surface area contributed by atoms with Gasteiger partial charge in [-0.1, -0.05) is 36.1 Å². The van der Waals surface area contributed by atoms with Crippen LogP contribution >= 0.6 is 35.7 Å². The largest absolute Gasteiger partial charge is 0.480 e. The molecule has 2 aliphatic rings. The van der Waals surface area contributed by atoms with Crippen molar-refractivity contribution in [2.75, 3.05) is 26.1 Å². The number of aliphatic carboxylic acids is 1. The molecular weight excluding hydrogens is 448 g/mol. The van der Waals surface area contributed by atoms with Crippen LogP contribution in [0.4, 0.5) is 0 Å². The summed E-state index contributed by atoms with van der Waals surface area (Å²) in [4.78, 5) is 50.8. The number of carbonyl (C=O) groups is 4. The van der Waals surface area contributed by atoms with Crippen molar-refractivity contribution >= 4 is 69.9 Å². The van der Waals surface area contributed by atoms with Gasteiger partial charge in [0.2, 0.25) is 5.91 Å². The van der Waals surface area contributed by atoms with E-state index in [1.54, 1.807) is 30.3 Å². The number of ether oxygens (including phenoxy) is 1. The Balaban J connectivity index is 1.59. The summed E-state index contributed by atoms with van der Waals surface area (Å²) in [6, 6.07) is 6.61. The first-order chi connectivity index (χ1) is 14.3. The van der Waals surface area contributed by atoms with Crippen LogP contribution in [-0.4, -0.2) is 74.3 Å². The molecule has 1 atom stereocenters. The molecule has 2 saturated heterocycles. The number of nitrogens with zero attached hydrogens (tertiary/aromatic N) is 2. The number of hydrogen-bond donors (Lipinski definition) is 1. The van der Waals surface area contributed by atoms with Gasteiger partial charge in [-0.3, -0.25) is 19.3 Å². The fourth-order valence-corrected chi connectivity index (χ4v) is 5.20. The van der Waals surface area contributed by atoms with Crippen LogP contribution in [0.5, 0.6) is 0 Å². The number of amides is 2. The minimum absolute atomic E-state index is 0.0699. The fraction of sp³-hybridized carbons (Fsp3) is 0.316. The van der Waals surface area contributed by atoms with Gasteiger partial charge in [-0.2, -0.15) is 0 Å². The molecule has 8 nitrogen and oxygen atoms in total. The molecule has 1 unspecified atom stereocenters. The molecule has 30 heavy (non-hydrogen) atoms. The lowest BCUT2D eigenvalue weighted by Gasteiger charge is -2.18. The number of rotatable bonds is 6. The normalized spacial score (nSPS) is 20.2. The lowest BCUT2D eigenvalue weighted by atomic mass is 10.1. The molecule has 0 bridgehead atoms. The summed E-state index contributed by atoms with van der Waals surface area (Å²) in [5.74, 6) is -1.53. The highest BCUT2D eigenvalue weighted by Gasteiger charge is 2.34. The van der Waals surface area contributed by atoms with Crippen molar-refractivity contribution in [1.82, 2.24) is 9.80 Å². The van der Waals surface area contributed by atoms with Crippen molar-refractivity contribution in [2.24, 2.45) is 0 Å². The maximum Gasteiger partial charge on any atom is 0.337 e. The standard InChI is InChI=1S/C19H18N2O6S3/c1-27-18(26)12-4-2-11(3-5-12)8-13-16(23)21(19(28)30-13)7-6-15(22)20-9-14(17(24)25)29-10-20/h2-5,8,14H,6-7,9-10H2,1H3,(H,24,25). The highest BCUT2D eigenvalue weighted by atomic mass is 32.2. The second-order valence-electron chi connectivity index (χ2n) is 6.44. The maximum absolute atomic E-state index is 12.7. The van der Waals surface area contributed by atoms with Gasteiger partial charge in [0.1, 0.15) is 9.57 Å². The summed E-state index contributed by atoms with van der Waals surface area (Å²) in [6.07, 6.45) is 1.75. The van der Waals surface area contributed by atoms with E-state index in [-0.39, 0.29) is 31.3 Å². The van der Waals surface area contributed by atoms with Crippen LogP contribution < -0.4 is 0 Å². The molecule has 2 fully saturated rings. The lowest BCUT2D eigenvalue weighted by molar-refractivity contribution is -0.137. The van der Waals surface area contributed by atoms with Crippen LogP contribution in [-0.2, 0) is 19.1 Å². The topological polar surface area (TPSA) is 104 Å². The average Bonchev–Trinajstić information content (AvgIpc) is 3.32. The molecule has 0 aromatic heterocycles. The first-order valence-electron chi connectivity index (χ1n) is 8.86. The smallest absolute Gasteiger partial charge is 0.337 e. The monoisotopic (exact) mass is 466 g/mol. The number of methoxy groups -OCH3 is 1. The van der Waals surface area contributed by atoms with E-state index in [2.05, 4.69) is 4.74 Å². The van der Waals surface area contributed by atoms with Gasteiger partial charge in [-0.15, -0.1) is 11.8 Å². The Morgan fingerprint density at radius 3 is 2.60 bits per heavy atom. The summed E-state index contributed by atoms with van der Waals surface area (Å²) >= 11 is 7.64. The third-order valence-electron chi connectivity index (χ3n) is 4.50. The molecular formula is C19H18N2O6S3. The van der Waals surface area contributed by atoms with Crippen LogP contribution in [0.25, 0.3) is 6.08 Å². The van der Waals surface area contributed by atoms with Crippen LogP contribution in [0.15, 0.2) is 29.2 Å². The van der Waals surface area contributed by atoms with Gasteiger partial charge in [0.15, 0.2) is 0 Å². The van der Waals surface area contributed by atoms with E-state index in [1.165, 1.54) is 28.7 Å². The molecule has 2 amide bonds. The van der Waals surface area contributed by atoms with Crippen molar-refractivity contribution in [3.05, 3.63) is 40.3 Å². The van der Waals surface area contributed by atoms with Crippen molar-refractivity contribution in [1.29, 1.82) is 0 Å². The van der Waals surface area contributed by atoms with E-state index in [0.29, 0.717) is 20.7 Å². The minimum Gasteiger partial charge on any atom is -0.480 e. The average molecular weight is 467 g/mol. The molecule has 0 radical (unpaired) electrons. The number of benzene rings is 1. The SMILES string of the molecule is COC(=O)c1ccc(C=C2SC(=S)N(CCC(=O)N3CSC(C(=O)O)C3)C2=O)cc1. The Hall–Kier alpha value is -2.37. The molecule has 1 aromatic carbocycles. The first kappa shape index (κ1) is 22.3. The van der Waals surface area contributed by atoms with Gasteiger partial charge in [0.05, 0.1) is 23.5 Å². The van der Waals surface area contributed by atoms with E-state index >= 15 is 0 Å². The predicted octanol–water partition coefficient (Wildman–Crippen LogP) is 2.05. The molecule has 3 rings (SSSR count). The third kappa shape index (κ3) is 5.02. The summed E-state index contributed by atoms with van der Waals surface area (Å²) < 4.78 is 5.02. The quantitative estimate of drug-likeness (QED) is 0.383. The molecule has 2 heterocycles. The zero-order valence-electron chi connectivity index (χ0n) is 15.9. The van der Waals surface area contributed by atoms with E-state index < -0.39 is 17.2 Å². The number of thiocarbonyl (C=S) groups is 1. The number of carboxylic acids is 1. The molecule has 1 aromatic rings. The summed E-state index contributed by atoms with van der Waals surface area (Å²) in [6.45, 7) is 0.305. The van der Waals surface area contributed by atoms with Crippen LogP contribution in [0, 0.1) is 0 Å². The van der Waals surface area contributed by atoms with Crippen molar-refractivity contribution in [3.63, 3.8) is 0 Å². The molecule has 1 N–H and O–H groups in total. The lowest BCUT2D eigenvalue weighted by Crippen LogP contribution is -2.36. The summed E-state index contributed by atoms with van der Waals surface area (Å²) in [7, 11) is 1.30. The number of thioether (sulfide) groups is 2. The number of esters is 1. The molecule has 11 heteroatoms. The van der Waals surface area contributed by atoms with E-state index in [4.69, 9.17) is 17.3 Å².